The van der Waals surface area contributed by atoms with Crippen LogP contribution >= 0.6 is 0 Å². The van der Waals surface area contributed by atoms with Crippen molar-refractivity contribution in [2.45, 2.75) is 0 Å². The Kier molecular flexibility index (Phi) is 10.00. The van der Waals surface area contributed by atoms with Crippen LogP contribution in [-0.4, -0.2) is 16.1 Å². The molecular formula is C64H43N3. The minimum absolute atomic E-state index is 0.209. The van der Waals surface area contributed by atoms with Gasteiger partial charge >= 0.3 is 0 Å². The zero-order valence-electron chi connectivity index (χ0n) is 36.6. The van der Waals surface area contributed by atoms with E-state index in [1.807, 2.05) is 36.4 Å². The van der Waals surface area contributed by atoms with Crippen LogP contribution in [0.15, 0.2) is 254 Å². The summed E-state index contributed by atoms with van der Waals surface area (Å²) in [6.45, 7) is 0. The van der Waals surface area contributed by atoms with E-state index in [2.05, 4.69) is 223 Å². The van der Waals surface area contributed by atoms with Crippen molar-refractivity contribution in [1.29, 1.82) is 5.41 Å². The van der Waals surface area contributed by atoms with Crippen molar-refractivity contribution >= 4 is 71.7 Å². The smallest absolute Gasteiger partial charge is 0.152 e. The molecule has 1 aromatic heterocycles. The summed E-state index contributed by atoms with van der Waals surface area (Å²) in [5.74, 6) is 0.209. The predicted octanol–water partition coefficient (Wildman–Crippen LogP) is 16.8. The Hall–Kier alpha value is -8.92. The summed E-state index contributed by atoms with van der Waals surface area (Å²) in [6, 6.07) is 86.1. The number of hydrogen-bond donors (Lipinski definition) is 1. The Balaban J connectivity index is 0.916. The van der Waals surface area contributed by atoms with Crippen molar-refractivity contribution in [2.24, 2.45) is 4.99 Å². The third kappa shape index (κ3) is 7.29. The number of para-hydroxylation sites is 3. The van der Waals surface area contributed by atoms with Gasteiger partial charge in [-0.3, -0.25) is 5.41 Å². The number of allylic oxidation sites excluding steroid dienone is 1. The molecule has 0 saturated heterocycles. The Bertz CT molecular complexity index is 3910. The normalized spacial score (nSPS) is 12.0. The van der Waals surface area contributed by atoms with Crippen LogP contribution in [0, 0.1) is 5.41 Å². The van der Waals surface area contributed by atoms with Gasteiger partial charge in [0.25, 0.3) is 0 Å². The summed E-state index contributed by atoms with van der Waals surface area (Å²) in [6.07, 6.45) is 4.16. The molecule has 314 valence electrons. The number of fused-ring (bicyclic) bond motifs is 7. The van der Waals surface area contributed by atoms with E-state index in [-0.39, 0.29) is 5.84 Å². The summed E-state index contributed by atoms with van der Waals surface area (Å²) in [5, 5.41) is 19.0. The summed E-state index contributed by atoms with van der Waals surface area (Å²) in [7, 11) is 0. The maximum absolute atomic E-state index is 9.07. The van der Waals surface area contributed by atoms with Crippen LogP contribution in [-0.2, 0) is 0 Å². The summed E-state index contributed by atoms with van der Waals surface area (Å²) in [5.41, 5.74) is 13.9. The van der Waals surface area contributed by atoms with Crippen molar-refractivity contribution in [3.63, 3.8) is 0 Å². The second kappa shape index (κ2) is 16.9. The molecule has 0 aliphatic carbocycles. The van der Waals surface area contributed by atoms with Gasteiger partial charge < -0.3 is 4.57 Å². The lowest BCUT2D eigenvalue weighted by Gasteiger charge is -2.15. The largest absolute Gasteiger partial charge is 0.309 e. The molecule has 12 aromatic rings. The van der Waals surface area contributed by atoms with Gasteiger partial charge in [0.2, 0.25) is 0 Å². The number of aliphatic imine (C=N–C) groups is 1. The molecule has 0 saturated carbocycles. The van der Waals surface area contributed by atoms with E-state index in [4.69, 9.17) is 10.4 Å². The molecular weight excluding hydrogens is 811 g/mol. The highest BCUT2D eigenvalue weighted by atomic mass is 15.0. The third-order valence-corrected chi connectivity index (χ3v) is 13.1. The SMILES string of the molecule is N=C(N=C(/C=C/c1cccc(-c2cccc(-c3c4ccccc4cc4c3ccc3ccccc34)c2)c1)c1ccc(-c2cccc3c4ccccc4n(-c4ccccc4)c23)cc1)c1ccccc1. The summed E-state index contributed by atoms with van der Waals surface area (Å²) >= 11 is 0. The molecule has 0 atom stereocenters. The minimum Gasteiger partial charge on any atom is -0.309 e. The van der Waals surface area contributed by atoms with Gasteiger partial charge in [0.05, 0.1) is 16.7 Å². The molecule has 0 aliphatic rings. The number of aromatic nitrogens is 1. The number of amidine groups is 1. The van der Waals surface area contributed by atoms with Gasteiger partial charge in [0, 0.05) is 33.2 Å². The summed E-state index contributed by atoms with van der Waals surface area (Å²) in [4.78, 5) is 4.97. The standard InChI is InChI=1S/C64H43N3/c65-64(47-18-3-1-4-19-47)66-60(46-35-33-45(34-36-46)55-29-15-30-58-56-28-11-12-31-61(56)67(63(55)58)52-24-5-2-6-25-52)39-32-43-16-13-21-48(40-43)49-22-14-23-51(41-49)62-54-27-10-8-20-50(54)42-59-53-26-9-7-17-44(53)37-38-57(59)62/h1-42,65H/b39-32+,65-64?,66-60?. The Morgan fingerprint density at radius 2 is 1.04 bits per heavy atom. The Morgan fingerprint density at radius 1 is 0.403 bits per heavy atom. The lowest BCUT2D eigenvalue weighted by atomic mass is 9.89. The number of hydrogen-bond acceptors (Lipinski definition) is 1. The molecule has 0 aliphatic heterocycles. The number of nitrogens with zero attached hydrogens (tertiary/aromatic N) is 2. The first-order chi connectivity index (χ1) is 33.1. The van der Waals surface area contributed by atoms with E-state index in [1.54, 1.807) is 0 Å². The van der Waals surface area contributed by atoms with Crippen molar-refractivity contribution in [3.05, 3.63) is 265 Å². The van der Waals surface area contributed by atoms with Gasteiger partial charge in [0.1, 0.15) is 0 Å². The Morgan fingerprint density at radius 3 is 1.87 bits per heavy atom. The lowest BCUT2D eigenvalue weighted by Crippen LogP contribution is -2.03. The van der Waals surface area contributed by atoms with Gasteiger partial charge in [-0.25, -0.2) is 4.99 Å². The lowest BCUT2D eigenvalue weighted by molar-refractivity contribution is 1.18. The van der Waals surface area contributed by atoms with Gasteiger partial charge in [-0.1, -0.05) is 212 Å². The third-order valence-electron chi connectivity index (χ3n) is 13.1. The van der Waals surface area contributed by atoms with Crippen LogP contribution in [0.5, 0.6) is 0 Å². The van der Waals surface area contributed by atoms with E-state index < -0.39 is 0 Å². The monoisotopic (exact) mass is 853 g/mol. The van der Waals surface area contributed by atoms with E-state index in [0.717, 1.165) is 44.6 Å². The van der Waals surface area contributed by atoms with Crippen LogP contribution in [0.3, 0.4) is 0 Å². The minimum atomic E-state index is 0.209. The van der Waals surface area contributed by atoms with Crippen molar-refractivity contribution in [3.8, 4) is 39.1 Å². The molecule has 11 aromatic carbocycles. The van der Waals surface area contributed by atoms with E-state index in [0.29, 0.717) is 5.71 Å². The van der Waals surface area contributed by atoms with Gasteiger partial charge in [-0.15, -0.1) is 0 Å². The van der Waals surface area contributed by atoms with Crippen molar-refractivity contribution in [1.82, 2.24) is 4.57 Å². The first-order valence-corrected chi connectivity index (χ1v) is 22.8. The highest BCUT2D eigenvalue weighted by Crippen LogP contribution is 2.41. The first kappa shape index (κ1) is 39.7. The number of nitrogens with one attached hydrogen (secondary N) is 1. The van der Waals surface area contributed by atoms with E-state index >= 15 is 0 Å². The van der Waals surface area contributed by atoms with E-state index in [1.165, 1.54) is 65.3 Å². The summed E-state index contributed by atoms with van der Waals surface area (Å²) < 4.78 is 2.38. The second-order valence-corrected chi connectivity index (χ2v) is 17.1. The van der Waals surface area contributed by atoms with E-state index in [9.17, 15) is 0 Å². The van der Waals surface area contributed by atoms with Crippen LogP contribution in [0.1, 0.15) is 16.7 Å². The Labute approximate surface area is 389 Å². The fourth-order valence-electron chi connectivity index (χ4n) is 9.88. The molecule has 0 spiro atoms. The number of benzene rings is 11. The average Bonchev–Trinajstić information content (AvgIpc) is 3.74. The predicted molar refractivity (Wildman–Crippen MR) is 285 cm³/mol. The second-order valence-electron chi connectivity index (χ2n) is 17.1. The van der Waals surface area contributed by atoms with Gasteiger partial charge in [0.15, 0.2) is 5.84 Å². The van der Waals surface area contributed by atoms with Gasteiger partial charge in [-0.05, 0) is 108 Å². The van der Waals surface area contributed by atoms with Gasteiger partial charge in [-0.2, -0.15) is 0 Å². The molecule has 0 unspecified atom stereocenters. The molecule has 1 heterocycles. The molecule has 1 N–H and O–H groups in total. The topological polar surface area (TPSA) is 41.1 Å². The quantitative estimate of drug-likeness (QED) is 0.0685. The highest BCUT2D eigenvalue weighted by molar-refractivity contribution is 6.21. The molecule has 0 fully saturated rings. The fourth-order valence-corrected chi connectivity index (χ4v) is 9.88. The van der Waals surface area contributed by atoms with Crippen LogP contribution in [0.2, 0.25) is 0 Å². The molecule has 3 heteroatoms. The number of rotatable bonds is 8. The van der Waals surface area contributed by atoms with Crippen molar-refractivity contribution in [2.75, 3.05) is 0 Å². The zero-order chi connectivity index (χ0) is 44.7. The maximum Gasteiger partial charge on any atom is 0.152 e. The molecule has 0 radical (unpaired) electrons. The van der Waals surface area contributed by atoms with Crippen LogP contribution in [0.4, 0.5) is 0 Å². The highest BCUT2D eigenvalue weighted by Gasteiger charge is 2.17. The average molecular weight is 854 g/mol. The van der Waals surface area contributed by atoms with Crippen molar-refractivity contribution < 1.29 is 0 Å². The molecule has 12 rings (SSSR count). The molecule has 0 bridgehead atoms. The maximum atomic E-state index is 9.07. The fraction of sp³-hybridized carbons (Fsp3) is 0. The first-order valence-electron chi connectivity index (χ1n) is 22.8. The zero-order valence-corrected chi connectivity index (χ0v) is 36.6. The molecule has 0 amide bonds. The molecule has 3 nitrogen and oxygen atoms in total. The molecule has 67 heavy (non-hydrogen) atoms. The van der Waals surface area contributed by atoms with Crippen LogP contribution < -0.4 is 0 Å². The van der Waals surface area contributed by atoms with Crippen LogP contribution in [0.25, 0.3) is 99.3 Å².